The number of fused-ring (bicyclic) bond motifs is 3. The maximum atomic E-state index is 14.1. The second-order valence-corrected chi connectivity index (χ2v) is 9.15. The Labute approximate surface area is 203 Å². The van der Waals surface area contributed by atoms with Crippen LogP contribution in [0.3, 0.4) is 0 Å². The average Bonchev–Trinajstić information content (AvgIpc) is 3.15. The number of benzene rings is 3. The first-order valence-corrected chi connectivity index (χ1v) is 11.9. The van der Waals surface area contributed by atoms with Crippen LogP contribution >= 0.6 is 0 Å². The zero-order valence-electron chi connectivity index (χ0n) is 19.3. The van der Waals surface area contributed by atoms with E-state index in [1.165, 1.54) is 12.1 Å². The van der Waals surface area contributed by atoms with Crippen LogP contribution in [0, 0.1) is 5.82 Å². The summed E-state index contributed by atoms with van der Waals surface area (Å²) in [7, 11) is 0. The van der Waals surface area contributed by atoms with Gasteiger partial charge in [0.1, 0.15) is 12.4 Å². The third kappa shape index (κ3) is 4.83. The molecule has 1 aliphatic carbocycles. The van der Waals surface area contributed by atoms with Crippen LogP contribution in [-0.2, 0) is 29.0 Å². The second kappa shape index (κ2) is 9.74. The number of carbonyl (C=O) groups is 2. The molecule has 2 N–H and O–H groups in total. The van der Waals surface area contributed by atoms with E-state index < -0.39 is 5.97 Å². The van der Waals surface area contributed by atoms with Crippen LogP contribution in [0.5, 0.6) is 0 Å². The number of aromatic nitrogens is 1. The van der Waals surface area contributed by atoms with Gasteiger partial charge in [0.15, 0.2) is 0 Å². The number of halogens is 1. The number of nitrogens with one attached hydrogen (secondary N) is 1. The zero-order chi connectivity index (χ0) is 24.4. The van der Waals surface area contributed by atoms with E-state index in [1.54, 1.807) is 10.6 Å². The lowest BCUT2D eigenvalue weighted by Gasteiger charge is -2.26. The van der Waals surface area contributed by atoms with Crippen molar-refractivity contribution in [3.63, 3.8) is 0 Å². The molecule has 1 amide bonds. The van der Waals surface area contributed by atoms with E-state index in [0.29, 0.717) is 25.7 Å². The van der Waals surface area contributed by atoms with E-state index in [-0.39, 0.29) is 30.2 Å². The molecule has 0 saturated heterocycles. The van der Waals surface area contributed by atoms with E-state index in [1.807, 2.05) is 60.7 Å². The van der Waals surface area contributed by atoms with Gasteiger partial charge in [0.25, 0.3) is 0 Å². The highest BCUT2D eigenvalue weighted by Crippen LogP contribution is 2.33. The number of hydrogen-bond acceptors (Lipinski definition) is 2. The molecule has 1 atom stereocenters. The van der Waals surface area contributed by atoms with Crippen molar-refractivity contribution < 1.29 is 19.1 Å². The minimum atomic E-state index is -0.933. The fourth-order valence-electron chi connectivity index (χ4n) is 5.33. The van der Waals surface area contributed by atoms with Crippen LogP contribution < -0.4 is 5.32 Å². The van der Waals surface area contributed by atoms with Gasteiger partial charge in [-0.1, -0.05) is 60.7 Å². The molecule has 0 spiro atoms. The first-order chi connectivity index (χ1) is 17.0. The number of carboxylic acid groups (broad SMARTS) is 1. The number of rotatable bonds is 7. The van der Waals surface area contributed by atoms with Gasteiger partial charge in [-0.3, -0.25) is 9.59 Å². The highest BCUT2D eigenvalue weighted by atomic mass is 19.1. The largest absolute Gasteiger partial charge is 0.480 e. The van der Waals surface area contributed by atoms with Crippen molar-refractivity contribution >= 4 is 22.8 Å². The summed E-state index contributed by atoms with van der Waals surface area (Å²) in [5.74, 6) is -1.37. The molecular weight excluding hydrogens is 443 g/mol. The summed E-state index contributed by atoms with van der Waals surface area (Å²) in [4.78, 5) is 24.7. The van der Waals surface area contributed by atoms with E-state index in [0.717, 1.165) is 33.3 Å². The summed E-state index contributed by atoms with van der Waals surface area (Å²) >= 11 is 0. The number of hydrogen-bond donors (Lipinski definition) is 2. The highest BCUT2D eigenvalue weighted by Gasteiger charge is 2.28. The molecule has 4 aromatic rings. The SMILES string of the molecule is O=C(O)Cn1c2c(c3cc(F)ccc31)C[C@@H](NC(=O)CC(c1ccccc1)c1ccccc1)CC2. The van der Waals surface area contributed by atoms with Crippen LogP contribution in [-0.4, -0.2) is 27.6 Å². The molecule has 1 aromatic heterocycles. The zero-order valence-corrected chi connectivity index (χ0v) is 19.3. The Morgan fingerprint density at radius 2 is 1.66 bits per heavy atom. The number of carbonyl (C=O) groups excluding carboxylic acids is 1. The van der Waals surface area contributed by atoms with Crippen LogP contribution in [0.2, 0.25) is 0 Å². The number of aliphatic carboxylic acids is 1. The minimum absolute atomic E-state index is 0.0309. The van der Waals surface area contributed by atoms with Crippen molar-refractivity contribution in [2.45, 2.75) is 44.2 Å². The van der Waals surface area contributed by atoms with Gasteiger partial charge in [0, 0.05) is 35.0 Å². The summed E-state index contributed by atoms with van der Waals surface area (Å²) in [6.45, 7) is -0.162. The van der Waals surface area contributed by atoms with E-state index in [2.05, 4.69) is 5.32 Å². The van der Waals surface area contributed by atoms with Crippen molar-refractivity contribution in [3.8, 4) is 0 Å². The van der Waals surface area contributed by atoms with Gasteiger partial charge < -0.3 is 15.0 Å². The van der Waals surface area contributed by atoms with Crippen LogP contribution in [0.15, 0.2) is 78.9 Å². The molecule has 0 bridgehead atoms. The first-order valence-electron chi connectivity index (χ1n) is 11.9. The Morgan fingerprint density at radius 3 is 2.29 bits per heavy atom. The lowest BCUT2D eigenvalue weighted by atomic mass is 9.87. The summed E-state index contributed by atoms with van der Waals surface area (Å²) in [6, 6.07) is 24.4. The van der Waals surface area contributed by atoms with Crippen molar-refractivity contribution in [1.82, 2.24) is 9.88 Å². The molecule has 0 fully saturated rings. The average molecular weight is 471 g/mol. The van der Waals surface area contributed by atoms with Gasteiger partial charge in [-0.15, -0.1) is 0 Å². The van der Waals surface area contributed by atoms with Crippen LogP contribution in [0.1, 0.15) is 41.1 Å². The van der Waals surface area contributed by atoms with Gasteiger partial charge in [0.05, 0.1) is 0 Å². The quantitative estimate of drug-likeness (QED) is 0.397. The van der Waals surface area contributed by atoms with Crippen LogP contribution in [0.4, 0.5) is 4.39 Å². The molecule has 0 radical (unpaired) electrons. The van der Waals surface area contributed by atoms with Gasteiger partial charge in [-0.25, -0.2) is 4.39 Å². The molecule has 0 aliphatic heterocycles. The third-order valence-electron chi connectivity index (χ3n) is 6.88. The van der Waals surface area contributed by atoms with Crippen LogP contribution in [0.25, 0.3) is 10.9 Å². The molecule has 0 unspecified atom stereocenters. The van der Waals surface area contributed by atoms with E-state index >= 15 is 0 Å². The maximum Gasteiger partial charge on any atom is 0.323 e. The topological polar surface area (TPSA) is 71.3 Å². The fourth-order valence-corrected chi connectivity index (χ4v) is 5.33. The van der Waals surface area contributed by atoms with Gasteiger partial charge >= 0.3 is 5.97 Å². The van der Waals surface area contributed by atoms with Crippen molar-refractivity contribution in [3.05, 3.63) is 107 Å². The van der Waals surface area contributed by atoms with Crippen molar-refractivity contribution in [2.75, 3.05) is 0 Å². The maximum absolute atomic E-state index is 14.1. The fraction of sp³-hybridized carbons (Fsp3) is 0.241. The summed E-state index contributed by atoms with van der Waals surface area (Å²) in [5, 5.41) is 13.3. The monoisotopic (exact) mass is 470 g/mol. The Kier molecular flexibility index (Phi) is 6.36. The first kappa shape index (κ1) is 22.8. The van der Waals surface area contributed by atoms with Crippen molar-refractivity contribution in [2.24, 2.45) is 0 Å². The standard InChI is InChI=1S/C29H27FN2O3/c30-21-11-13-26-24(15-21)25-16-22(12-14-27(25)32(26)18-29(34)35)31-28(33)17-23(19-7-3-1-4-8-19)20-9-5-2-6-10-20/h1-11,13,15,22-23H,12,14,16-18H2,(H,31,33)(H,34,35)/t22-/m0/s1. The molecule has 5 nitrogen and oxygen atoms in total. The molecule has 178 valence electrons. The van der Waals surface area contributed by atoms with E-state index in [4.69, 9.17) is 0 Å². The molecule has 0 saturated carbocycles. The summed E-state index contributed by atoms with van der Waals surface area (Å²) in [6.07, 6.45) is 2.21. The normalized spacial score (nSPS) is 15.2. The predicted octanol–water partition coefficient (Wildman–Crippen LogP) is 5.06. The molecule has 1 heterocycles. The van der Waals surface area contributed by atoms with E-state index in [9.17, 15) is 19.1 Å². The summed E-state index contributed by atoms with van der Waals surface area (Å²) < 4.78 is 15.8. The molecule has 3 aromatic carbocycles. The lowest BCUT2D eigenvalue weighted by molar-refractivity contribution is -0.137. The highest BCUT2D eigenvalue weighted by molar-refractivity contribution is 5.87. The van der Waals surface area contributed by atoms with Gasteiger partial charge in [-0.2, -0.15) is 0 Å². The Morgan fingerprint density at radius 1 is 1.00 bits per heavy atom. The second-order valence-electron chi connectivity index (χ2n) is 9.15. The predicted molar refractivity (Wildman–Crippen MR) is 133 cm³/mol. The Hall–Kier alpha value is -3.93. The lowest BCUT2D eigenvalue weighted by Crippen LogP contribution is -2.39. The third-order valence-corrected chi connectivity index (χ3v) is 6.88. The van der Waals surface area contributed by atoms with Gasteiger partial charge in [0.2, 0.25) is 5.91 Å². The molecule has 1 aliphatic rings. The van der Waals surface area contributed by atoms with Gasteiger partial charge in [-0.05, 0) is 54.2 Å². The number of carboxylic acids is 1. The molecular formula is C29H27FN2O3. The Balaban J connectivity index is 1.37. The molecule has 6 heteroatoms. The number of amides is 1. The Bertz CT molecular complexity index is 1330. The van der Waals surface area contributed by atoms with Crippen molar-refractivity contribution in [1.29, 1.82) is 0 Å². The smallest absolute Gasteiger partial charge is 0.323 e. The summed E-state index contributed by atoms with van der Waals surface area (Å²) in [5.41, 5.74) is 4.75. The molecule has 5 rings (SSSR count). The number of nitrogens with zero attached hydrogens (tertiary/aromatic N) is 1. The molecule has 35 heavy (non-hydrogen) atoms. The minimum Gasteiger partial charge on any atom is -0.480 e.